The van der Waals surface area contributed by atoms with Crippen LogP contribution in [0.5, 0.6) is 0 Å². The molecule has 7 heteroatoms. The average Bonchev–Trinajstić information content (AvgIpc) is 2.43. The van der Waals surface area contributed by atoms with E-state index >= 15 is 0 Å². The Morgan fingerprint density at radius 3 is 2.57 bits per heavy atom. The van der Waals surface area contributed by atoms with Crippen LogP contribution in [0.3, 0.4) is 0 Å². The molecule has 0 saturated heterocycles. The molecular formula is C14H12BrF3N2S. The number of nitrogens with one attached hydrogen (secondary N) is 1. The van der Waals surface area contributed by atoms with Gasteiger partial charge in [-0.25, -0.2) is 4.98 Å². The van der Waals surface area contributed by atoms with E-state index in [-0.39, 0.29) is 0 Å². The first-order valence-corrected chi connectivity index (χ1v) is 7.86. The predicted molar refractivity (Wildman–Crippen MR) is 82.5 cm³/mol. The van der Waals surface area contributed by atoms with E-state index in [4.69, 9.17) is 0 Å². The number of nitrogens with zero attached hydrogens (tertiary/aromatic N) is 1. The summed E-state index contributed by atoms with van der Waals surface area (Å²) in [6, 6.07) is 12.5. The largest absolute Gasteiger partial charge is 0.398 e. The highest BCUT2D eigenvalue weighted by molar-refractivity contribution is 9.10. The fourth-order valence-corrected chi connectivity index (χ4v) is 2.80. The second kappa shape index (κ2) is 7.17. The number of para-hydroxylation sites is 1. The smallest absolute Gasteiger partial charge is 0.378 e. The maximum Gasteiger partial charge on any atom is 0.398 e. The molecular weight excluding hydrogens is 365 g/mol. The van der Waals surface area contributed by atoms with Crippen molar-refractivity contribution in [2.45, 2.75) is 17.6 Å². The van der Waals surface area contributed by atoms with Crippen molar-refractivity contribution in [2.24, 2.45) is 0 Å². The molecule has 21 heavy (non-hydrogen) atoms. The topological polar surface area (TPSA) is 24.9 Å². The van der Waals surface area contributed by atoms with Gasteiger partial charge in [0.15, 0.2) is 0 Å². The number of alkyl halides is 3. The third-order valence-electron chi connectivity index (χ3n) is 2.51. The van der Waals surface area contributed by atoms with Gasteiger partial charge in [-0.3, -0.25) is 0 Å². The van der Waals surface area contributed by atoms with Gasteiger partial charge in [0.1, 0.15) is 4.60 Å². The molecule has 0 atom stereocenters. The maximum atomic E-state index is 12.3. The zero-order valence-corrected chi connectivity index (χ0v) is 13.2. The summed E-state index contributed by atoms with van der Waals surface area (Å²) in [4.78, 5) is 4.84. The first kappa shape index (κ1) is 16.2. The monoisotopic (exact) mass is 376 g/mol. The molecule has 1 aromatic heterocycles. The quantitative estimate of drug-likeness (QED) is 0.579. The number of thioether (sulfide) groups is 1. The van der Waals surface area contributed by atoms with Crippen molar-refractivity contribution in [1.29, 1.82) is 0 Å². The van der Waals surface area contributed by atoms with E-state index in [0.717, 1.165) is 22.1 Å². The van der Waals surface area contributed by atoms with Gasteiger partial charge in [0.2, 0.25) is 0 Å². The average molecular weight is 377 g/mol. The van der Waals surface area contributed by atoms with E-state index in [1.807, 2.05) is 18.2 Å². The van der Waals surface area contributed by atoms with Crippen molar-refractivity contribution in [1.82, 2.24) is 4.98 Å². The second-order valence-electron chi connectivity index (χ2n) is 4.21. The van der Waals surface area contributed by atoms with Crippen LogP contribution in [0.25, 0.3) is 0 Å². The third-order valence-corrected chi connectivity index (χ3v) is 4.09. The van der Waals surface area contributed by atoms with Gasteiger partial charge >= 0.3 is 6.18 Å². The number of halogens is 4. The van der Waals surface area contributed by atoms with Gasteiger partial charge in [-0.05, 0) is 40.2 Å². The summed E-state index contributed by atoms with van der Waals surface area (Å²) in [5.74, 6) is -0.902. The van der Waals surface area contributed by atoms with Crippen molar-refractivity contribution < 1.29 is 13.2 Å². The van der Waals surface area contributed by atoms with E-state index in [1.54, 1.807) is 24.3 Å². The number of benzene rings is 1. The normalized spacial score (nSPS) is 11.4. The number of anilines is 1. The molecule has 0 bridgehead atoms. The van der Waals surface area contributed by atoms with Crippen LogP contribution in [0, 0.1) is 0 Å². The van der Waals surface area contributed by atoms with Gasteiger partial charge < -0.3 is 5.32 Å². The predicted octanol–water partition coefficient (Wildman–Crippen LogP) is 5.11. The van der Waals surface area contributed by atoms with Crippen LogP contribution in [-0.2, 0) is 6.54 Å². The van der Waals surface area contributed by atoms with Crippen LogP contribution in [-0.4, -0.2) is 16.9 Å². The number of pyridine rings is 1. The van der Waals surface area contributed by atoms with Crippen molar-refractivity contribution in [3.8, 4) is 0 Å². The summed E-state index contributed by atoms with van der Waals surface area (Å²) in [6.07, 6.45) is -4.18. The molecule has 0 fully saturated rings. The highest BCUT2D eigenvalue weighted by Gasteiger charge is 2.27. The molecule has 0 radical (unpaired) electrons. The minimum atomic E-state index is -4.18. The zero-order valence-electron chi connectivity index (χ0n) is 10.8. The Kier molecular flexibility index (Phi) is 5.52. The highest BCUT2D eigenvalue weighted by Crippen LogP contribution is 2.32. The van der Waals surface area contributed by atoms with Gasteiger partial charge in [-0.2, -0.15) is 13.2 Å². The lowest BCUT2D eigenvalue weighted by molar-refractivity contribution is -0.105. The van der Waals surface area contributed by atoms with Crippen molar-refractivity contribution in [2.75, 3.05) is 11.1 Å². The Morgan fingerprint density at radius 1 is 1.10 bits per heavy atom. The first-order valence-electron chi connectivity index (χ1n) is 6.08. The molecule has 0 aliphatic heterocycles. The lowest BCUT2D eigenvalue weighted by Crippen LogP contribution is -2.11. The van der Waals surface area contributed by atoms with E-state index in [2.05, 4.69) is 26.2 Å². The molecule has 2 nitrogen and oxygen atoms in total. The van der Waals surface area contributed by atoms with E-state index in [9.17, 15) is 13.2 Å². The molecule has 112 valence electrons. The fraction of sp³-hybridized carbons (Fsp3) is 0.214. The van der Waals surface area contributed by atoms with Crippen LogP contribution >= 0.6 is 27.7 Å². The number of rotatable bonds is 5. The Labute approximate surface area is 133 Å². The summed E-state index contributed by atoms with van der Waals surface area (Å²) < 4.78 is 37.7. The van der Waals surface area contributed by atoms with Gasteiger partial charge in [0.25, 0.3) is 0 Å². The number of hydrogen-bond donors (Lipinski definition) is 1. The van der Waals surface area contributed by atoms with Crippen LogP contribution < -0.4 is 5.32 Å². The molecule has 0 saturated carbocycles. The third kappa shape index (κ3) is 5.59. The lowest BCUT2D eigenvalue weighted by Gasteiger charge is -2.12. The molecule has 0 amide bonds. The van der Waals surface area contributed by atoms with Gasteiger partial charge in [-0.1, -0.05) is 18.2 Å². The highest BCUT2D eigenvalue weighted by atomic mass is 79.9. The van der Waals surface area contributed by atoms with Crippen molar-refractivity contribution in [3.05, 3.63) is 52.8 Å². The Hall–Kier alpha value is -1.21. The van der Waals surface area contributed by atoms with E-state index < -0.39 is 11.9 Å². The summed E-state index contributed by atoms with van der Waals surface area (Å²) in [5, 5.41) is 3.12. The zero-order chi connectivity index (χ0) is 15.3. The fourth-order valence-electron chi connectivity index (χ4n) is 1.63. The molecule has 1 heterocycles. The molecule has 2 rings (SSSR count). The molecule has 0 aliphatic rings. The molecule has 1 N–H and O–H groups in total. The van der Waals surface area contributed by atoms with Gasteiger partial charge in [0.05, 0.1) is 18.0 Å². The Balaban J connectivity index is 2.03. The molecule has 1 aromatic carbocycles. The first-order chi connectivity index (χ1) is 9.94. The number of aromatic nitrogens is 1. The summed E-state index contributed by atoms with van der Waals surface area (Å²) in [7, 11) is 0. The van der Waals surface area contributed by atoms with Crippen LogP contribution in [0.15, 0.2) is 52.0 Å². The van der Waals surface area contributed by atoms with Crippen LogP contribution in [0.4, 0.5) is 18.9 Å². The lowest BCUT2D eigenvalue weighted by atomic mass is 10.3. The minimum Gasteiger partial charge on any atom is -0.378 e. The van der Waals surface area contributed by atoms with Crippen LogP contribution in [0.2, 0.25) is 0 Å². The SMILES string of the molecule is FC(F)(F)CSc1ccccc1NCc1cccc(Br)n1. The van der Waals surface area contributed by atoms with E-state index in [0.29, 0.717) is 17.1 Å². The van der Waals surface area contributed by atoms with E-state index in [1.165, 1.54) is 0 Å². The van der Waals surface area contributed by atoms with Crippen molar-refractivity contribution >= 4 is 33.4 Å². The summed E-state index contributed by atoms with van der Waals surface area (Å²) >= 11 is 4.06. The standard InChI is InChI=1S/C14H12BrF3N2S/c15-13-7-3-4-10(20-13)8-19-11-5-1-2-6-12(11)21-9-14(16,17)18/h1-7,19H,8-9H2. The molecule has 2 aromatic rings. The van der Waals surface area contributed by atoms with Gasteiger partial charge in [0, 0.05) is 10.6 Å². The Morgan fingerprint density at radius 2 is 1.86 bits per heavy atom. The maximum absolute atomic E-state index is 12.3. The molecule has 0 unspecified atom stereocenters. The van der Waals surface area contributed by atoms with Crippen molar-refractivity contribution in [3.63, 3.8) is 0 Å². The molecule has 0 spiro atoms. The number of hydrogen-bond acceptors (Lipinski definition) is 3. The summed E-state index contributed by atoms with van der Waals surface area (Å²) in [5.41, 5.74) is 1.48. The second-order valence-corrected chi connectivity index (χ2v) is 6.03. The van der Waals surface area contributed by atoms with Crippen LogP contribution in [0.1, 0.15) is 5.69 Å². The molecule has 0 aliphatic carbocycles. The minimum absolute atomic E-state index is 0.447. The Bertz CT molecular complexity index is 605. The summed E-state index contributed by atoms with van der Waals surface area (Å²) in [6.45, 7) is 0.447. The van der Waals surface area contributed by atoms with Gasteiger partial charge in [-0.15, -0.1) is 11.8 Å².